The van der Waals surface area contributed by atoms with E-state index >= 15 is 0 Å². The van der Waals surface area contributed by atoms with Gasteiger partial charge in [-0.2, -0.15) is 0 Å². The van der Waals surface area contributed by atoms with E-state index in [0.717, 1.165) is 16.6 Å². The van der Waals surface area contributed by atoms with Crippen LogP contribution in [0.1, 0.15) is 11.1 Å². The van der Waals surface area contributed by atoms with Crippen molar-refractivity contribution in [2.24, 2.45) is 0 Å². The quantitative estimate of drug-likeness (QED) is 0.803. The summed E-state index contributed by atoms with van der Waals surface area (Å²) in [4.78, 5) is 3.76. The van der Waals surface area contributed by atoms with Crippen LogP contribution < -0.4 is 4.74 Å². The minimum atomic E-state index is -0.347. The van der Waals surface area contributed by atoms with Gasteiger partial charge in [0.1, 0.15) is 18.2 Å². The molecule has 0 aliphatic carbocycles. The Balaban J connectivity index is 1.97. The second-order valence-electron chi connectivity index (χ2n) is 3.58. The van der Waals surface area contributed by atoms with Crippen molar-refractivity contribution in [3.8, 4) is 5.75 Å². The number of alkyl halides is 1. The molecule has 1 aromatic carbocycles. The van der Waals surface area contributed by atoms with Gasteiger partial charge in [0.25, 0.3) is 0 Å². The molecule has 0 spiro atoms. The number of halogens is 2. The van der Waals surface area contributed by atoms with Crippen LogP contribution in [0.5, 0.6) is 5.75 Å². The van der Waals surface area contributed by atoms with Crippen molar-refractivity contribution in [1.82, 2.24) is 4.98 Å². The minimum absolute atomic E-state index is 0.318. The van der Waals surface area contributed by atoms with E-state index in [1.165, 1.54) is 17.8 Å². The van der Waals surface area contributed by atoms with Gasteiger partial charge in [-0.1, -0.05) is 28.1 Å². The second kappa shape index (κ2) is 5.77. The Morgan fingerprint density at radius 2 is 1.88 bits per heavy atom. The molecule has 2 aromatic rings. The highest BCUT2D eigenvalue weighted by Gasteiger charge is 1.98. The molecule has 0 saturated heterocycles. The van der Waals surface area contributed by atoms with Crippen LogP contribution in [0.3, 0.4) is 0 Å². The van der Waals surface area contributed by atoms with Crippen LogP contribution in [0, 0.1) is 5.82 Å². The van der Waals surface area contributed by atoms with E-state index in [2.05, 4.69) is 20.9 Å². The van der Waals surface area contributed by atoms with Crippen molar-refractivity contribution in [1.29, 1.82) is 0 Å². The van der Waals surface area contributed by atoms with Gasteiger partial charge in [0.15, 0.2) is 0 Å². The molecule has 0 aliphatic heterocycles. The summed E-state index contributed by atoms with van der Waals surface area (Å²) in [6.07, 6.45) is 2.77. The third kappa shape index (κ3) is 3.53. The van der Waals surface area contributed by atoms with Gasteiger partial charge in [0, 0.05) is 17.1 Å². The molecule has 2 nitrogen and oxygen atoms in total. The minimum Gasteiger partial charge on any atom is -0.489 e. The third-order valence-electron chi connectivity index (χ3n) is 2.24. The summed E-state index contributed by atoms with van der Waals surface area (Å²) in [5.74, 6) is 0.416. The maximum absolute atomic E-state index is 12.9. The first-order valence-corrected chi connectivity index (χ1v) is 6.27. The molecular formula is C13H11BrFNO. The zero-order chi connectivity index (χ0) is 12.1. The highest BCUT2D eigenvalue weighted by atomic mass is 79.9. The molecule has 0 bridgehead atoms. The number of pyridine rings is 1. The molecule has 1 aromatic heterocycles. The van der Waals surface area contributed by atoms with Gasteiger partial charge in [0.05, 0.1) is 6.20 Å². The number of hydrogen-bond donors (Lipinski definition) is 0. The summed E-state index contributed by atoms with van der Waals surface area (Å²) >= 11 is 3.37. The Morgan fingerprint density at radius 3 is 2.53 bits per heavy atom. The molecule has 2 rings (SSSR count). The Labute approximate surface area is 108 Å². The van der Waals surface area contributed by atoms with E-state index in [1.54, 1.807) is 6.20 Å². The Hall–Kier alpha value is -1.42. The summed E-state index contributed by atoms with van der Waals surface area (Å²) in [7, 11) is 0. The fraction of sp³-hybridized carbons (Fsp3) is 0.154. The summed E-state index contributed by atoms with van der Waals surface area (Å²) in [6.45, 7) is 0.318. The molecule has 0 aliphatic rings. The van der Waals surface area contributed by atoms with Gasteiger partial charge >= 0.3 is 0 Å². The van der Waals surface area contributed by atoms with Gasteiger partial charge in [0.2, 0.25) is 0 Å². The first-order chi connectivity index (χ1) is 8.28. The predicted octanol–water partition coefficient (Wildman–Crippen LogP) is 3.69. The van der Waals surface area contributed by atoms with Crippen molar-refractivity contribution in [2.45, 2.75) is 11.9 Å². The van der Waals surface area contributed by atoms with E-state index in [4.69, 9.17) is 4.74 Å². The van der Waals surface area contributed by atoms with E-state index in [9.17, 15) is 4.39 Å². The van der Waals surface area contributed by atoms with Crippen molar-refractivity contribution in [3.05, 3.63) is 59.7 Å². The van der Waals surface area contributed by atoms with E-state index < -0.39 is 0 Å². The van der Waals surface area contributed by atoms with E-state index in [1.807, 2.05) is 24.3 Å². The number of aromatic nitrogens is 1. The maximum Gasteiger partial charge on any atom is 0.141 e. The third-order valence-corrected chi connectivity index (χ3v) is 2.89. The lowest BCUT2D eigenvalue weighted by Gasteiger charge is -2.06. The molecule has 4 heteroatoms. The van der Waals surface area contributed by atoms with Crippen molar-refractivity contribution < 1.29 is 9.13 Å². The molecule has 0 saturated carbocycles. The molecule has 0 amide bonds. The number of ether oxygens (including phenoxy) is 1. The number of benzene rings is 1. The van der Waals surface area contributed by atoms with Gasteiger partial charge in [-0.05, 0) is 23.8 Å². The SMILES string of the molecule is Fc1cncc(COc2ccc(CBr)cc2)c1. The summed E-state index contributed by atoms with van der Waals surface area (Å²) < 4.78 is 18.4. The average molecular weight is 296 g/mol. The maximum atomic E-state index is 12.9. The average Bonchev–Trinajstić information content (AvgIpc) is 2.37. The molecule has 0 radical (unpaired) electrons. The largest absolute Gasteiger partial charge is 0.489 e. The van der Waals surface area contributed by atoms with Crippen molar-refractivity contribution >= 4 is 15.9 Å². The Morgan fingerprint density at radius 1 is 1.12 bits per heavy atom. The van der Waals surface area contributed by atoms with Crippen molar-refractivity contribution in [2.75, 3.05) is 0 Å². The highest BCUT2D eigenvalue weighted by Crippen LogP contribution is 2.15. The molecule has 17 heavy (non-hydrogen) atoms. The molecule has 0 unspecified atom stereocenters. The van der Waals surface area contributed by atoms with Crippen LogP contribution in [-0.2, 0) is 11.9 Å². The topological polar surface area (TPSA) is 22.1 Å². The summed E-state index contributed by atoms with van der Waals surface area (Å²) in [5.41, 5.74) is 1.90. The fourth-order valence-electron chi connectivity index (χ4n) is 1.38. The lowest BCUT2D eigenvalue weighted by atomic mass is 10.2. The number of nitrogens with zero attached hydrogens (tertiary/aromatic N) is 1. The predicted molar refractivity (Wildman–Crippen MR) is 67.6 cm³/mol. The van der Waals surface area contributed by atoms with Crippen LogP contribution in [0.15, 0.2) is 42.7 Å². The molecule has 88 valence electrons. The fourth-order valence-corrected chi connectivity index (χ4v) is 1.75. The van der Waals surface area contributed by atoms with Crippen LogP contribution in [0.2, 0.25) is 0 Å². The summed E-state index contributed by atoms with van der Waals surface area (Å²) in [5, 5.41) is 0.821. The first-order valence-electron chi connectivity index (χ1n) is 5.15. The molecule has 0 N–H and O–H groups in total. The second-order valence-corrected chi connectivity index (χ2v) is 4.14. The smallest absolute Gasteiger partial charge is 0.141 e. The Kier molecular flexibility index (Phi) is 4.09. The van der Waals surface area contributed by atoms with Crippen LogP contribution in [-0.4, -0.2) is 4.98 Å². The van der Waals surface area contributed by atoms with Gasteiger partial charge < -0.3 is 4.74 Å². The summed E-state index contributed by atoms with van der Waals surface area (Å²) in [6, 6.07) is 9.16. The molecule has 1 heterocycles. The molecular weight excluding hydrogens is 285 g/mol. The van der Waals surface area contributed by atoms with E-state index in [-0.39, 0.29) is 5.82 Å². The standard InChI is InChI=1S/C13H11BrFNO/c14-6-10-1-3-13(4-2-10)17-9-11-5-12(15)8-16-7-11/h1-5,7-8H,6,9H2. The number of hydrogen-bond acceptors (Lipinski definition) is 2. The molecule has 0 fully saturated rings. The van der Waals surface area contributed by atoms with Crippen LogP contribution >= 0.6 is 15.9 Å². The molecule has 0 atom stereocenters. The Bertz CT molecular complexity index is 487. The number of rotatable bonds is 4. The van der Waals surface area contributed by atoms with Gasteiger partial charge in [-0.25, -0.2) is 4.39 Å². The van der Waals surface area contributed by atoms with E-state index in [0.29, 0.717) is 6.61 Å². The zero-order valence-electron chi connectivity index (χ0n) is 9.07. The van der Waals surface area contributed by atoms with Crippen LogP contribution in [0.4, 0.5) is 4.39 Å². The van der Waals surface area contributed by atoms with Crippen molar-refractivity contribution in [3.63, 3.8) is 0 Å². The normalized spacial score (nSPS) is 10.2. The highest BCUT2D eigenvalue weighted by molar-refractivity contribution is 9.08. The van der Waals surface area contributed by atoms with Crippen LogP contribution in [0.25, 0.3) is 0 Å². The lowest BCUT2D eigenvalue weighted by Crippen LogP contribution is -1.96. The zero-order valence-corrected chi connectivity index (χ0v) is 10.7. The first kappa shape index (κ1) is 12.0. The lowest BCUT2D eigenvalue weighted by molar-refractivity contribution is 0.305. The monoisotopic (exact) mass is 295 g/mol. The van der Waals surface area contributed by atoms with Gasteiger partial charge in [-0.15, -0.1) is 0 Å². The van der Waals surface area contributed by atoms with Gasteiger partial charge in [-0.3, -0.25) is 4.98 Å².